The van der Waals surface area contributed by atoms with E-state index in [1.165, 1.54) is 6.07 Å². The van der Waals surface area contributed by atoms with E-state index in [0.29, 0.717) is 23.3 Å². The first-order valence-electron chi connectivity index (χ1n) is 3.81. The third kappa shape index (κ3) is 2.43. The molecule has 70 valence electrons. The zero-order valence-corrected chi connectivity index (χ0v) is 7.00. The van der Waals surface area contributed by atoms with Gasteiger partial charge in [-0.25, -0.2) is 4.39 Å². The van der Waals surface area contributed by atoms with Gasteiger partial charge in [0, 0.05) is 5.69 Å². The predicted octanol–water partition coefficient (Wildman–Crippen LogP) is 1.43. The Morgan fingerprint density at radius 1 is 1.54 bits per heavy atom. The van der Waals surface area contributed by atoms with E-state index in [4.69, 9.17) is 10.5 Å². The highest BCUT2D eigenvalue weighted by Crippen LogP contribution is 2.19. The van der Waals surface area contributed by atoms with Crippen molar-refractivity contribution in [3.05, 3.63) is 23.8 Å². The summed E-state index contributed by atoms with van der Waals surface area (Å²) in [6.07, 6.45) is 0.629. The van der Waals surface area contributed by atoms with Crippen LogP contribution in [0.25, 0.3) is 0 Å². The van der Waals surface area contributed by atoms with Crippen molar-refractivity contribution in [2.45, 2.75) is 0 Å². The Morgan fingerprint density at radius 3 is 2.92 bits per heavy atom. The quantitative estimate of drug-likeness (QED) is 0.567. The van der Waals surface area contributed by atoms with Gasteiger partial charge in [0.1, 0.15) is 19.0 Å². The van der Waals surface area contributed by atoms with Crippen LogP contribution < -0.4 is 10.5 Å². The fourth-order valence-corrected chi connectivity index (χ4v) is 0.939. The van der Waals surface area contributed by atoms with Gasteiger partial charge in [-0.1, -0.05) is 0 Å². The van der Waals surface area contributed by atoms with E-state index in [9.17, 15) is 9.18 Å². The molecule has 0 heterocycles. The summed E-state index contributed by atoms with van der Waals surface area (Å²) in [4.78, 5) is 10.5. The molecule has 3 nitrogen and oxygen atoms in total. The molecule has 0 atom stereocenters. The van der Waals surface area contributed by atoms with Gasteiger partial charge in [-0.15, -0.1) is 0 Å². The molecule has 0 unspecified atom stereocenters. The maximum Gasteiger partial charge on any atom is 0.153 e. The molecule has 0 radical (unpaired) electrons. The molecule has 0 spiro atoms. The number of rotatable bonds is 4. The SMILES string of the molecule is Nc1ccc(OCCF)c(C=O)c1. The molecule has 1 aromatic carbocycles. The third-order valence-electron chi connectivity index (χ3n) is 1.50. The molecule has 0 aliphatic heterocycles. The molecule has 0 fully saturated rings. The smallest absolute Gasteiger partial charge is 0.153 e. The van der Waals surface area contributed by atoms with E-state index in [2.05, 4.69) is 0 Å². The molecule has 1 rings (SSSR count). The highest BCUT2D eigenvalue weighted by atomic mass is 19.1. The van der Waals surface area contributed by atoms with E-state index in [-0.39, 0.29) is 6.61 Å². The summed E-state index contributed by atoms with van der Waals surface area (Å²) in [6, 6.07) is 4.63. The Bertz CT molecular complexity index is 302. The second kappa shape index (κ2) is 4.45. The Hall–Kier alpha value is -1.58. The summed E-state index contributed by atoms with van der Waals surface area (Å²) in [5, 5.41) is 0. The van der Waals surface area contributed by atoms with Crippen LogP contribution in [0.15, 0.2) is 18.2 Å². The lowest BCUT2D eigenvalue weighted by molar-refractivity contribution is 0.111. The van der Waals surface area contributed by atoms with E-state index in [0.717, 1.165) is 0 Å². The number of ether oxygens (including phenoxy) is 1. The first-order chi connectivity index (χ1) is 6.27. The zero-order chi connectivity index (χ0) is 9.68. The summed E-state index contributed by atoms with van der Waals surface area (Å²) in [5.74, 6) is 0.363. The molecule has 0 amide bonds. The first-order valence-corrected chi connectivity index (χ1v) is 3.81. The van der Waals surface area contributed by atoms with E-state index in [1.807, 2.05) is 0 Å². The molecule has 2 N–H and O–H groups in total. The lowest BCUT2D eigenvalue weighted by Crippen LogP contribution is -2.01. The average molecular weight is 183 g/mol. The van der Waals surface area contributed by atoms with Crippen molar-refractivity contribution in [3.8, 4) is 5.75 Å². The minimum atomic E-state index is -0.581. The summed E-state index contributed by atoms with van der Waals surface area (Å²) in [5.41, 5.74) is 6.27. The molecule has 0 bridgehead atoms. The number of carbonyl (C=O) groups is 1. The molecule has 0 saturated heterocycles. The van der Waals surface area contributed by atoms with Crippen molar-refractivity contribution in [1.82, 2.24) is 0 Å². The second-order valence-electron chi connectivity index (χ2n) is 2.45. The fraction of sp³-hybridized carbons (Fsp3) is 0.222. The van der Waals surface area contributed by atoms with Gasteiger partial charge in [0.25, 0.3) is 0 Å². The van der Waals surface area contributed by atoms with Gasteiger partial charge < -0.3 is 10.5 Å². The molecule has 13 heavy (non-hydrogen) atoms. The molecule has 0 aromatic heterocycles. The highest BCUT2D eigenvalue weighted by molar-refractivity contribution is 5.81. The van der Waals surface area contributed by atoms with Crippen molar-refractivity contribution in [1.29, 1.82) is 0 Å². The monoisotopic (exact) mass is 183 g/mol. The van der Waals surface area contributed by atoms with Crippen LogP contribution in [0.1, 0.15) is 10.4 Å². The Labute approximate surface area is 75.3 Å². The molecule has 0 aliphatic rings. The van der Waals surface area contributed by atoms with Gasteiger partial charge in [-0.2, -0.15) is 0 Å². The molecular formula is C9H10FNO2. The van der Waals surface area contributed by atoms with Crippen LogP contribution in [0.5, 0.6) is 5.75 Å². The second-order valence-corrected chi connectivity index (χ2v) is 2.45. The van der Waals surface area contributed by atoms with E-state index in [1.54, 1.807) is 12.1 Å². The van der Waals surface area contributed by atoms with E-state index >= 15 is 0 Å². The maximum absolute atomic E-state index is 11.8. The standard InChI is InChI=1S/C9H10FNO2/c10-3-4-13-9-2-1-8(11)5-7(9)6-12/h1-2,5-6H,3-4,11H2. The predicted molar refractivity (Wildman–Crippen MR) is 47.7 cm³/mol. The third-order valence-corrected chi connectivity index (χ3v) is 1.50. The number of hydrogen-bond donors (Lipinski definition) is 1. The highest BCUT2D eigenvalue weighted by Gasteiger charge is 2.02. The van der Waals surface area contributed by atoms with Gasteiger partial charge >= 0.3 is 0 Å². The van der Waals surface area contributed by atoms with Gasteiger partial charge in [-0.3, -0.25) is 4.79 Å². The minimum Gasteiger partial charge on any atom is -0.490 e. The number of nitrogens with two attached hydrogens (primary N) is 1. The van der Waals surface area contributed by atoms with Crippen molar-refractivity contribution in [2.24, 2.45) is 0 Å². The molecule has 0 saturated carbocycles. The number of aldehydes is 1. The number of nitrogen functional groups attached to an aromatic ring is 1. The number of hydrogen-bond acceptors (Lipinski definition) is 3. The minimum absolute atomic E-state index is 0.0508. The van der Waals surface area contributed by atoms with Crippen molar-refractivity contribution in [2.75, 3.05) is 19.0 Å². The summed E-state index contributed by atoms with van der Waals surface area (Å²) < 4.78 is 16.7. The fourth-order valence-electron chi connectivity index (χ4n) is 0.939. The number of benzene rings is 1. The Kier molecular flexibility index (Phi) is 3.25. The van der Waals surface area contributed by atoms with Crippen molar-refractivity contribution in [3.63, 3.8) is 0 Å². The van der Waals surface area contributed by atoms with Crippen LogP contribution in [0.4, 0.5) is 10.1 Å². The van der Waals surface area contributed by atoms with Gasteiger partial charge in [0.05, 0.1) is 5.56 Å². The van der Waals surface area contributed by atoms with Crippen LogP contribution in [-0.2, 0) is 0 Å². The van der Waals surface area contributed by atoms with Crippen LogP contribution in [0, 0.1) is 0 Å². The molecule has 4 heteroatoms. The number of halogens is 1. The number of alkyl halides is 1. The number of anilines is 1. The largest absolute Gasteiger partial charge is 0.490 e. The van der Waals surface area contributed by atoms with Crippen molar-refractivity contribution >= 4 is 12.0 Å². The lowest BCUT2D eigenvalue weighted by Gasteiger charge is -2.06. The first kappa shape index (κ1) is 9.51. The van der Waals surface area contributed by atoms with Gasteiger partial charge in [0.2, 0.25) is 0 Å². The Balaban J connectivity index is 2.86. The van der Waals surface area contributed by atoms with Crippen molar-refractivity contribution < 1.29 is 13.9 Å². The van der Waals surface area contributed by atoms with Gasteiger partial charge in [-0.05, 0) is 18.2 Å². The topological polar surface area (TPSA) is 52.3 Å². The van der Waals surface area contributed by atoms with Crippen LogP contribution >= 0.6 is 0 Å². The molecule has 0 aliphatic carbocycles. The van der Waals surface area contributed by atoms with Gasteiger partial charge in [0.15, 0.2) is 6.29 Å². The summed E-state index contributed by atoms with van der Waals surface area (Å²) in [6.45, 7) is -0.632. The van der Waals surface area contributed by atoms with Crippen LogP contribution in [0.2, 0.25) is 0 Å². The zero-order valence-electron chi connectivity index (χ0n) is 7.00. The summed E-state index contributed by atoms with van der Waals surface area (Å²) >= 11 is 0. The molecule has 1 aromatic rings. The molecular weight excluding hydrogens is 173 g/mol. The Morgan fingerprint density at radius 2 is 2.31 bits per heavy atom. The lowest BCUT2D eigenvalue weighted by atomic mass is 10.2. The normalized spacial score (nSPS) is 9.62. The number of carbonyl (C=O) groups excluding carboxylic acids is 1. The van der Waals surface area contributed by atoms with Crippen LogP contribution in [0.3, 0.4) is 0 Å². The van der Waals surface area contributed by atoms with E-state index < -0.39 is 6.67 Å². The maximum atomic E-state index is 11.8. The average Bonchev–Trinajstić information content (AvgIpc) is 2.16. The van der Waals surface area contributed by atoms with Crippen LogP contribution in [-0.4, -0.2) is 19.6 Å². The summed E-state index contributed by atoms with van der Waals surface area (Å²) in [7, 11) is 0.